The second-order valence-corrected chi connectivity index (χ2v) is 2.32. The lowest BCUT2D eigenvalue weighted by atomic mass is 9.94. The standard InChI is InChI=1S/C8H8BNO2/c1-12-7-3-2-5(8(9)11)4-6(7)10/h2-4H,10H2,1H3. The van der Waals surface area contributed by atoms with Crippen molar-refractivity contribution in [2.24, 2.45) is 0 Å². The van der Waals surface area contributed by atoms with E-state index in [-0.39, 0.29) is 0 Å². The summed E-state index contributed by atoms with van der Waals surface area (Å²) in [7, 11) is 6.55. The predicted octanol–water partition coefficient (Wildman–Crippen LogP) is 0.586. The van der Waals surface area contributed by atoms with E-state index in [1.807, 2.05) is 0 Å². The molecule has 0 atom stereocenters. The molecule has 0 unspecified atom stereocenters. The molecule has 0 aliphatic heterocycles. The van der Waals surface area contributed by atoms with Crippen LogP contribution in [0, 0.1) is 0 Å². The molecule has 0 bridgehead atoms. The van der Waals surface area contributed by atoms with E-state index in [1.54, 1.807) is 12.1 Å². The molecule has 12 heavy (non-hydrogen) atoms. The van der Waals surface area contributed by atoms with E-state index in [2.05, 4.69) is 0 Å². The lowest BCUT2D eigenvalue weighted by Crippen LogP contribution is -2.00. The van der Waals surface area contributed by atoms with Crippen molar-refractivity contribution in [3.8, 4) is 5.75 Å². The number of carbonyl (C=O) groups is 1. The van der Waals surface area contributed by atoms with Gasteiger partial charge in [-0.2, -0.15) is 0 Å². The number of anilines is 1. The zero-order chi connectivity index (χ0) is 9.14. The van der Waals surface area contributed by atoms with E-state index in [4.69, 9.17) is 18.3 Å². The predicted molar refractivity (Wildman–Crippen MR) is 47.5 cm³/mol. The number of methoxy groups -OCH3 is 1. The van der Waals surface area contributed by atoms with E-state index < -0.39 is 5.68 Å². The highest BCUT2D eigenvalue weighted by molar-refractivity contribution is 6.62. The molecule has 0 saturated heterocycles. The van der Waals surface area contributed by atoms with E-state index in [1.165, 1.54) is 13.2 Å². The Labute approximate surface area is 71.9 Å². The average Bonchev–Trinajstić information content (AvgIpc) is 2.04. The molecule has 0 heterocycles. The third-order valence-electron chi connectivity index (χ3n) is 1.51. The summed E-state index contributed by atoms with van der Waals surface area (Å²) < 4.78 is 4.90. The van der Waals surface area contributed by atoms with Crippen LogP contribution in [0.2, 0.25) is 0 Å². The van der Waals surface area contributed by atoms with E-state index in [9.17, 15) is 4.79 Å². The summed E-state index contributed by atoms with van der Waals surface area (Å²) in [6.07, 6.45) is 0. The second-order valence-electron chi connectivity index (χ2n) is 2.32. The Morgan fingerprint density at radius 1 is 1.58 bits per heavy atom. The Morgan fingerprint density at radius 3 is 2.67 bits per heavy atom. The monoisotopic (exact) mass is 161 g/mol. The fraction of sp³-hybridized carbons (Fsp3) is 0.125. The van der Waals surface area contributed by atoms with Gasteiger partial charge in [0, 0.05) is 5.56 Å². The number of hydrogen-bond acceptors (Lipinski definition) is 3. The highest BCUT2D eigenvalue weighted by Gasteiger charge is 2.02. The first-order valence-corrected chi connectivity index (χ1v) is 3.38. The number of hydrogen-bond donors (Lipinski definition) is 1. The summed E-state index contributed by atoms with van der Waals surface area (Å²) in [4.78, 5) is 10.7. The number of benzene rings is 1. The third-order valence-corrected chi connectivity index (χ3v) is 1.51. The molecule has 0 spiro atoms. The number of nitrogen functional groups attached to an aromatic ring is 1. The summed E-state index contributed by atoms with van der Waals surface area (Å²) in [5.41, 5.74) is 5.83. The van der Waals surface area contributed by atoms with Gasteiger partial charge in [0.15, 0.2) is 7.85 Å². The van der Waals surface area contributed by atoms with Crippen molar-refractivity contribution >= 4 is 19.2 Å². The van der Waals surface area contributed by atoms with E-state index in [0.29, 0.717) is 17.0 Å². The van der Waals surface area contributed by atoms with Crippen LogP contribution in [0.1, 0.15) is 10.4 Å². The van der Waals surface area contributed by atoms with Crippen LogP contribution in [-0.4, -0.2) is 20.6 Å². The van der Waals surface area contributed by atoms with Crippen molar-refractivity contribution in [1.82, 2.24) is 0 Å². The van der Waals surface area contributed by atoms with Crippen molar-refractivity contribution in [3.63, 3.8) is 0 Å². The molecular formula is C8H8BNO2. The molecule has 2 radical (unpaired) electrons. The van der Waals surface area contributed by atoms with Gasteiger partial charge in [0.1, 0.15) is 11.4 Å². The van der Waals surface area contributed by atoms with Gasteiger partial charge in [-0.3, -0.25) is 0 Å². The Hall–Kier alpha value is -1.45. The maximum absolute atomic E-state index is 10.7. The summed E-state index contributed by atoms with van der Waals surface area (Å²) in [6, 6.07) is 4.66. The van der Waals surface area contributed by atoms with Gasteiger partial charge in [0.25, 0.3) is 0 Å². The molecule has 1 aromatic carbocycles. The van der Waals surface area contributed by atoms with Crippen LogP contribution >= 0.6 is 0 Å². The lowest BCUT2D eigenvalue weighted by Gasteiger charge is -2.04. The summed E-state index contributed by atoms with van der Waals surface area (Å²) in [5.74, 6) is 0.542. The zero-order valence-corrected chi connectivity index (χ0v) is 6.70. The molecule has 2 N–H and O–H groups in total. The van der Waals surface area contributed by atoms with Gasteiger partial charge in [-0.05, 0) is 18.2 Å². The molecule has 0 aliphatic rings. The Balaban J connectivity index is 3.10. The van der Waals surface area contributed by atoms with Crippen LogP contribution in [0.5, 0.6) is 5.75 Å². The number of nitrogens with two attached hydrogens (primary N) is 1. The second kappa shape index (κ2) is 3.30. The third kappa shape index (κ3) is 1.58. The van der Waals surface area contributed by atoms with Gasteiger partial charge in [-0.15, -0.1) is 0 Å². The minimum Gasteiger partial charge on any atom is -0.495 e. The summed E-state index contributed by atoms with van der Waals surface area (Å²) >= 11 is 0. The number of carbonyl (C=O) groups excluding carboxylic acids is 1. The van der Waals surface area contributed by atoms with Gasteiger partial charge in [-0.1, -0.05) is 0 Å². The smallest absolute Gasteiger partial charge is 0.175 e. The molecule has 4 heteroatoms. The molecule has 0 fully saturated rings. The molecule has 0 amide bonds. The van der Waals surface area contributed by atoms with Crippen LogP contribution in [0.15, 0.2) is 18.2 Å². The van der Waals surface area contributed by atoms with Crippen molar-refractivity contribution in [1.29, 1.82) is 0 Å². The number of ether oxygens (including phenoxy) is 1. The van der Waals surface area contributed by atoms with Crippen LogP contribution in [0.25, 0.3) is 0 Å². The van der Waals surface area contributed by atoms with Crippen LogP contribution < -0.4 is 10.5 Å². The quantitative estimate of drug-likeness (QED) is 0.509. The van der Waals surface area contributed by atoms with Crippen molar-refractivity contribution in [2.75, 3.05) is 12.8 Å². The fourth-order valence-corrected chi connectivity index (χ4v) is 0.888. The van der Waals surface area contributed by atoms with Gasteiger partial charge >= 0.3 is 0 Å². The minimum absolute atomic E-state index is 0.383. The fourth-order valence-electron chi connectivity index (χ4n) is 0.888. The van der Waals surface area contributed by atoms with Gasteiger partial charge in [0.2, 0.25) is 0 Å². The van der Waals surface area contributed by atoms with Crippen molar-refractivity contribution < 1.29 is 9.53 Å². The van der Waals surface area contributed by atoms with Crippen LogP contribution in [0.4, 0.5) is 5.69 Å². The maximum atomic E-state index is 10.7. The SMILES string of the molecule is [B]C(=O)c1ccc(OC)c(N)c1. The largest absolute Gasteiger partial charge is 0.495 e. The van der Waals surface area contributed by atoms with Gasteiger partial charge < -0.3 is 15.3 Å². The first-order valence-electron chi connectivity index (χ1n) is 3.38. The molecule has 60 valence electrons. The highest BCUT2D eigenvalue weighted by Crippen LogP contribution is 2.21. The molecule has 1 aromatic rings. The number of rotatable bonds is 2. The highest BCUT2D eigenvalue weighted by atomic mass is 16.5. The molecule has 1 rings (SSSR count). The average molecular weight is 161 g/mol. The normalized spacial score (nSPS) is 9.42. The Morgan fingerprint density at radius 2 is 2.25 bits per heavy atom. The van der Waals surface area contributed by atoms with Crippen LogP contribution in [-0.2, 0) is 0 Å². The molecule has 0 saturated carbocycles. The van der Waals surface area contributed by atoms with E-state index in [0.717, 1.165) is 0 Å². The maximum Gasteiger partial charge on any atom is 0.175 e. The first-order chi connectivity index (χ1) is 5.65. The molecule has 3 nitrogen and oxygen atoms in total. The Kier molecular flexibility index (Phi) is 2.38. The van der Waals surface area contributed by atoms with Crippen molar-refractivity contribution in [2.45, 2.75) is 0 Å². The molecular weight excluding hydrogens is 153 g/mol. The first kappa shape index (κ1) is 8.65. The summed E-state index contributed by atoms with van der Waals surface area (Å²) in [6.45, 7) is 0. The van der Waals surface area contributed by atoms with E-state index >= 15 is 0 Å². The van der Waals surface area contributed by atoms with Crippen LogP contribution in [0.3, 0.4) is 0 Å². The molecule has 0 aromatic heterocycles. The van der Waals surface area contributed by atoms with Crippen molar-refractivity contribution in [3.05, 3.63) is 23.8 Å². The van der Waals surface area contributed by atoms with Gasteiger partial charge in [-0.25, -0.2) is 0 Å². The molecule has 0 aliphatic carbocycles. The van der Waals surface area contributed by atoms with Gasteiger partial charge in [0.05, 0.1) is 12.8 Å². The lowest BCUT2D eigenvalue weighted by molar-refractivity contribution is 0.108. The Bertz CT molecular complexity index is 312. The summed E-state index contributed by atoms with van der Waals surface area (Å²) in [5, 5.41) is 0. The zero-order valence-electron chi connectivity index (χ0n) is 6.70. The topological polar surface area (TPSA) is 52.3 Å². The minimum atomic E-state index is -0.496.